The summed E-state index contributed by atoms with van der Waals surface area (Å²) in [7, 11) is 0. The molecular formula is C58H34OS. The minimum absolute atomic E-state index is 0.898. The van der Waals surface area contributed by atoms with Crippen molar-refractivity contribution in [2.75, 3.05) is 0 Å². The van der Waals surface area contributed by atoms with Gasteiger partial charge in [0.25, 0.3) is 0 Å². The van der Waals surface area contributed by atoms with Crippen molar-refractivity contribution in [2.45, 2.75) is 0 Å². The minimum Gasteiger partial charge on any atom is -0.456 e. The molecule has 13 rings (SSSR count). The second-order valence-electron chi connectivity index (χ2n) is 15.9. The van der Waals surface area contributed by atoms with Crippen LogP contribution in [0.2, 0.25) is 0 Å². The van der Waals surface area contributed by atoms with Gasteiger partial charge in [0.05, 0.1) is 0 Å². The van der Waals surface area contributed by atoms with Crippen molar-refractivity contribution in [2.24, 2.45) is 0 Å². The van der Waals surface area contributed by atoms with Gasteiger partial charge in [0.15, 0.2) is 0 Å². The lowest BCUT2D eigenvalue weighted by atomic mass is 9.80. The smallest absolute Gasteiger partial charge is 0.135 e. The van der Waals surface area contributed by atoms with E-state index in [0.717, 1.165) is 27.5 Å². The van der Waals surface area contributed by atoms with Crippen LogP contribution in [0.15, 0.2) is 211 Å². The first-order valence-corrected chi connectivity index (χ1v) is 21.4. The summed E-state index contributed by atoms with van der Waals surface area (Å²) < 4.78 is 8.96. The quantitative estimate of drug-likeness (QED) is 0.128. The van der Waals surface area contributed by atoms with Crippen molar-refractivity contribution in [3.05, 3.63) is 206 Å². The van der Waals surface area contributed by atoms with Crippen molar-refractivity contribution < 1.29 is 4.42 Å². The number of rotatable bonds is 4. The van der Waals surface area contributed by atoms with E-state index in [0.29, 0.717) is 0 Å². The normalized spacial score (nSPS) is 12.0. The van der Waals surface area contributed by atoms with Gasteiger partial charge >= 0.3 is 0 Å². The summed E-state index contributed by atoms with van der Waals surface area (Å²) >= 11 is 1.86. The van der Waals surface area contributed by atoms with Crippen molar-refractivity contribution >= 4 is 96.5 Å². The van der Waals surface area contributed by atoms with Crippen molar-refractivity contribution in [1.82, 2.24) is 0 Å². The number of para-hydroxylation sites is 1. The molecule has 0 fully saturated rings. The summed E-state index contributed by atoms with van der Waals surface area (Å²) in [4.78, 5) is 0. The molecule has 2 heteroatoms. The Hall–Kier alpha value is -7.52. The second-order valence-corrected chi connectivity index (χ2v) is 17.0. The molecule has 0 unspecified atom stereocenters. The molecule has 278 valence electrons. The van der Waals surface area contributed by atoms with E-state index in [1.807, 2.05) is 17.4 Å². The van der Waals surface area contributed by atoms with Crippen LogP contribution >= 0.6 is 11.3 Å². The zero-order chi connectivity index (χ0) is 39.3. The van der Waals surface area contributed by atoms with E-state index in [2.05, 4.69) is 200 Å². The molecule has 0 atom stereocenters. The fourth-order valence-corrected chi connectivity index (χ4v) is 11.1. The molecule has 2 heterocycles. The van der Waals surface area contributed by atoms with E-state index in [-0.39, 0.29) is 0 Å². The summed E-state index contributed by atoms with van der Waals surface area (Å²) in [6.07, 6.45) is 0. The van der Waals surface area contributed by atoms with Crippen LogP contribution in [-0.2, 0) is 0 Å². The lowest BCUT2D eigenvalue weighted by Crippen LogP contribution is -1.96. The summed E-state index contributed by atoms with van der Waals surface area (Å²) in [5.74, 6) is 0. The van der Waals surface area contributed by atoms with Gasteiger partial charge in [-0.15, -0.1) is 11.3 Å². The minimum atomic E-state index is 0.898. The van der Waals surface area contributed by atoms with Gasteiger partial charge in [-0.05, 0) is 130 Å². The molecule has 11 aromatic carbocycles. The maximum atomic E-state index is 6.35. The molecule has 0 aliphatic carbocycles. The van der Waals surface area contributed by atoms with Crippen LogP contribution in [0.3, 0.4) is 0 Å². The highest BCUT2D eigenvalue weighted by Gasteiger charge is 2.24. The third-order valence-corrected chi connectivity index (χ3v) is 13.8. The standard InChI is InChI=1S/C58H34OS/c1-2-15-38-35(14-1)34-51(42-17-4-3-16-41(38)42)56-45-20-5-7-22-47(45)58(48-23-8-6-21-46(48)56)57-39(36-28-30-53-49(32-36)43-18-9-11-26-52(43)59-53)24-13-25-40(57)37-29-31-55-50(33-37)44-19-10-12-27-54(44)60-55/h1-34H. The highest BCUT2D eigenvalue weighted by molar-refractivity contribution is 7.25. The first-order valence-electron chi connectivity index (χ1n) is 20.6. The fraction of sp³-hybridized carbons (Fsp3) is 0. The second kappa shape index (κ2) is 13.0. The van der Waals surface area contributed by atoms with Gasteiger partial charge in [0.2, 0.25) is 0 Å². The average molecular weight is 779 g/mol. The van der Waals surface area contributed by atoms with Crippen LogP contribution in [0.5, 0.6) is 0 Å². The summed E-state index contributed by atoms with van der Waals surface area (Å²) in [6.45, 7) is 0. The van der Waals surface area contributed by atoms with Crippen LogP contribution in [-0.4, -0.2) is 0 Å². The van der Waals surface area contributed by atoms with Crippen LogP contribution in [0.1, 0.15) is 0 Å². The van der Waals surface area contributed by atoms with Gasteiger partial charge in [-0.1, -0.05) is 164 Å². The number of benzene rings is 11. The third-order valence-electron chi connectivity index (χ3n) is 12.7. The van der Waals surface area contributed by atoms with Crippen molar-refractivity contribution in [3.8, 4) is 44.5 Å². The lowest BCUT2D eigenvalue weighted by Gasteiger charge is -2.23. The molecule has 2 aromatic heterocycles. The molecule has 60 heavy (non-hydrogen) atoms. The first-order chi connectivity index (χ1) is 29.8. The molecule has 1 nitrogen and oxygen atoms in total. The Kier molecular flexibility index (Phi) is 7.24. The molecule has 0 bridgehead atoms. The number of hydrogen-bond donors (Lipinski definition) is 0. The lowest BCUT2D eigenvalue weighted by molar-refractivity contribution is 0.669. The molecule has 0 aliphatic rings. The molecule has 0 spiro atoms. The number of hydrogen-bond acceptors (Lipinski definition) is 2. The third kappa shape index (κ3) is 4.92. The first kappa shape index (κ1) is 33.5. The van der Waals surface area contributed by atoms with Gasteiger partial charge in [-0.25, -0.2) is 0 Å². The predicted molar refractivity (Wildman–Crippen MR) is 258 cm³/mol. The van der Waals surface area contributed by atoms with Crippen molar-refractivity contribution in [3.63, 3.8) is 0 Å². The summed E-state index contributed by atoms with van der Waals surface area (Å²) in [6, 6.07) is 76.1. The van der Waals surface area contributed by atoms with E-state index >= 15 is 0 Å². The zero-order valence-corrected chi connectivity index (χ0v) is 33.3. The molecule has 0 saturated carbocycles. The van der Waals surface area contributed by atoms with Crippen LogP contribution in [0.4, 0.5) is 0 Å². The number of thiophene rings is 1. The van der Waals surface area contributed by atoms with Crippen LogP contribution in [0.25, 0.3) is 130 Å². The fourth-order valence-electron chi connectivity index (χ4n) is 10.0. The van der Waals surface area contributed by atoms with Crippen LogP contribution in [0, 0.1) is 0 Å². The van der Waals surface area contributed by atoms with E-state index in [9.17, 15) is 0 Å². The predicted octanol–water partition coefficient (Wildman–Crippen LogP) is 17.2. The Balaban J connectivity index is 1.17. The van der Waals surface area contributed by atoms with E-state index in [4.69, 9.17) is 4.42 Å². The molecule has 0 amide bonds. The summed E-state index contributed by atoms with van der Waals surface area (Å²) in [5.41, 5.74) is 11.6. The molecule has 0 radical (unpaired) electrons. The van der Waals surface area contributed by atoms with E-state index < -0.39 is 0 Å². The highest BCUT2D eigenvalue weighted by atomic mass is 32.1. The molecule has 13 aromatic rings. The van der Waals surface area contributed by atoms with Gasteiger partial charge in [-0.3, -0.25) is 0 Å². The molecule has 0 aliphatic heterocycles. The monoisotopic (exact) mass is 778 g/mol. The van der Waals surface area contributed by atoms with Crippen molar-refractivity contribution in [1.29, 1.82) is 0 Å². The molecule has 0 N–H and O–H groups in total. The van der Waals surface area contributed by atoms with Gasteiger partial charge < -0.3 is 4.42 Å². The SMILES string of the molecule is c1cc(-c2ccc3oc4ccccc4c3c2)c(-c2c3ccccc3c(-c3cc4ccccc4c4ccccc34)c3ccccc23)c(-c2ccc3sc4ccccc4c3c2)c1. The maximum Gasteiger partial charge on any atom is 0.135 e. The maximum absolute atomic E-state index is 6.35. The Morgan fingerprint density at radius 3 is 1.52 bits per heavy atom. The van der Waals surface area contributed by atoms with Gasteiger partial charge in [0, 0.05) is 30.9 Å². The Labute approximate surface area is 350 Å². The Morgan fingerprint density at radius 2 is 0.783 bits per heavy atom. The Bertz CT molecular complexity index is 3710. The molecule has 0 saturated heterocycles. The van der Waals surface area contributed by atoms with Gasteiger partial charge in [0.1, 0.15) is 11.2 Å². The average Bonchev–Trinajstić information content (AvgIpc) is 3.88. The largest absolute Gasteiger partial charge is 0.456 e. The van der Waals surface area contributed by atoms with Crippen LogP contribution < -0.4 is 0 Å². The van der Waals surface area contributed by atoms with E-state index in [1.54, 1.807) is 0 Å². The highest BCUT2D eigenvalue weighted by Crippen LogP contribution is 2.51. The topological polar surface area (TPSA) is 13.1 Å². The van der Waals surface area contributed by atoms with Gasteiger partial charge in [-0.2, -0.15) is 0 Å². The summed E-state index contributed by atoms with van der Waals surface area (Å²) in [5, 5.41) is 14.8. The van der Waals surface area contributed by atoms with E-state index in [1.165, 1.54) is 102 Å². The number of furan rings is 1. The number of fused-ring (bicyclic) bond motifs is 11. The Morgan fingerprint density at radius 1 is 0.267 bits per heavy atom. The zero-order valence-electron chi connectivity index (χ0n) is 32.4. The molecular weight excluding hydrogens is 745 g/mol.